The standard InChI is InChI=1S/C37H25N7O3/c1-3-4-9-27-23(2)45-35(41-27)30-17-14-24(20-38-30)44(25-15-18-31(39-21-25)36-42-28-10-5-7-12-33(28)46-36)26-16-19-32(40-22-26)37-43-29-11-6-8-13-34(29)47-37/h3-22H,1H2,2H3/b9-4-. The second-order valence-corrected chi connectivity index (χ2v) is 10.6. The summed E-state index contributed by atoms with van der Waals surface area (Å²) < 4.78 is 17.8. The van der Waals surface area contributed by atoms with Gasteiger partial charge in [0.1, 0.15) is 39.6 Å². The summed E-state index contributed by atoms with van der Waals surface area (Å²) >= 11 is 0. The van der Waals surface area contributed by atoms with E-state index in [-0.39, 0.29) is 0 Å². The minimum atomic E-state index is 0.429. The van der Waals surface area contributed by atoms with Gasteiger partial charge in [0.15, 0.2) is 11.2 Å². The maximum absolute atomic E-state index is 5.94. The van der Waals surface area contributed by atoms with Crippen LogP contribution in [-0.2, 0) is 0 Å². The fraction of sp³-hybridized carbons (Fsp3) is 0.0270. The predicted molar refractivity (Wildman–Crippen MR) is 180 cm³/mol. The molecule has 6 heterocycles. The maximum Gasteiger partial charge on any atom is 0.246 e. The summed E-state index contributed by atoms with van der Waals surface area (Å²) in [5, 5.41) is 0. The van der Waals surface area contributed by atoms with E-state index < -0.39 is 0 Å². The van der Waals surface area contributed by atoms with Gasteiger partial charge < -0.3 is 18.2 Å². The summed E-state index contributed by atoms with van der Waals surface area (Å²) in [6, 6.07) is 26.7. The van der Waals surface area contributed by atoms with Crippen molar-refractivity contribution in [3.63, 3.8) is 0 Å². The lowest BCUT2D eigenvalue weighted by Crippen LogP contribution is -2.11. The van der Waals surface area contributed by atoms with E-state index in [0.717, 1.165) is 33.8 Å². The number of hydrogen-bond donors (Lipinski definition) is 0. The van der Waals surface area contributed by atoms with Gasteiger partial charge in [-0.2, -0.15) is 0 Å². The van der Waals surface area contributed by atoms with Gasteiger partial charge in [0.25, 0.3) is 0 Å². The molecule has 0 atom stereocenters. The second-order valence-electron chi connectivity index (χ2n) is 10.6. The predicted octanol–water partition coefficient (Wildman–Crippen LogP) is 9.12. The van der Waals surface area contributed by atoms with E-state index in [2.05, 4.69) is 21.5 Å². The lowest BCUT2D eigenvalue weighted by molar-refractivity contribution is 0.540. The van der Waals surface area contributed by atoms with E-state index >= 15 is 0 Å². The van der Waals surface area contributed by atoms with Gasteiger partial charge in [-0.15, -0.1) is 0 Å². The van der Waals surface area contributed by atoms with Crippen LogP contribution in [0.15, 0.2) is 136 Å². The van der Waals surface area contributed by atoms with Gasteiger partial charge in [-0.25, -0.2) is 29.9 Å². The molecular weight excluding hydrogens is 590 g/mol. The van der Waals surface area contributed by atoms with Gasteiger partial charge in [0.05, 0.1) is 35.7 Å². The number of oxazole rings is 3. The number of hydrogen-bond acceptors (Lipinski definition) is 10. The molecule has 0 aliphatic rings. The van der Waals surface area contributed by atoms with Crippen LogP contribution in [-0.4, -0.2) is 29.9 Å². The second kappa shape index (κ2) is 11.7. The monoisotopic (exact) mass is 615 g/mol. The van der Waals surface area contributed by atoms with E-state index in [9.17, 15) is 0 Å². The molecule has 2 aromatic carbocycles. The fourth-order valence-corrected chi connectivity index (χ4v) is 5.18. The zero-order valence-electron chi connectivity index (χ0n) is 25.1. The minimum absolute atomic E-state index is 0.429. The largest absolute Gasteiger partial charge is 0.440 e. The van der Waals surface area contributed by atoms with Crippen LogP contribution in [0.5, 0.6) is 0 Å². The van der Waals surface area contributed by atoms with Crippen LogP contribution in [0.3, 0.4) is 0 Å². The van der Waals surface area contributed by atoms with Gasteiger partial charge in [0.2, 0.25) is 17.7 Å². The Bertz CT molecular complexity index is 2200. The SMILES string of the molecule is C=C/C=C\c1nc(-c2ccc(N(c3ccc(-c4nc5ccccc5o4)nc3)c3ccc(-c4nc5ccccc5o4)nc3)cn2)oc1C. The number of allylic oxidation sites excluding steroid dienone is 2. The third-order valence-electron chi connectivity index (χ3n) is 7.49. The van der Waals surface area contributed by atoms with E-state index in [4.69, 9.17) is 28.2 Å². The van der Waals surface area contributed by atoms with Gasteiger partial charge in [-0.3, -0.25) is 0 Å². The zero-order valence-corrected chi connectivity index (χ0v) is 25.1. The third kappa shape index (κ3) is 5.33. The molecule has 0 bridgehead atoms. The van der Waals surface area contributed by atoms with Crippen molar-refractivity contribution >= 4 is 45.3 Å². The Morgan fingerprint density at radius 2 is 1.04 bits per heavy atom. The highest BCUT2D eigenvalue weighted by Crippen LogP contribution is 2.36. The van der Waals surface area contributed by atoms with Gasteiger partial charge in [0, 0.05) is 0 Å². The van der Waals surface area contributed by atoms with Crippen LogP contribution in [0.4, 0.5) is 17.1 Å². The van der Waals surface area contributed by atoms with Crippen LogP contribution in [0.25, 0.3) is 63.0 Å². The van der Waals surface area contributed by atoms with Crippen molar-refractivity contribution in [2.45, 2.75) is 6.92 Å². The number of benzene rings is 2. The lowest BCUT2D eigenvalue weighted by atomic mass is 10.2. The summed E-state index contributed by atoms with van der Waals surface area (Å²) in [5.74, 6) is 2.02. The molecule has 0 saturated carbocycles. The number of aryl methyl sites for hydroxylation is 1. The maximum atomic E-state index is 5.94. The van der Waals surface area contributed by atoms with Gasteiger partial charge in [-0.1, -0.05) is 43.0 Å². The summed E-state index contributed by atoms with van der Waals surface area (Å²) in [4.78, 5) is 29.9. The molecule has 0 fully saturated rings. The molecule has 0 N–H and O–H groups in total. The highest BCUT2D eigenvalue weighted by Gasteiger charge is 2.18. The van der Waals surface area contributed by atoms with Crippen molar-refractivity contribution in [1.82, 2.24) is 29.9 Å². The minimum Gasteiger partial charge on any atom is -0.440 e. The summed E-state index contributed by atoms with van der Waals surface area (Å²) in [6.07, 6.45) is 10.7. The molecule has 8 rings (SSSR count). The molecule has 226 valence electrons. The van der Waals surface area contributed by atoms with E-state index in [1.54, 1.807) is 24.7 Å². The molecule has 6 aromatic heterocycles. The Morgan fingerprint density at radius 1 is 0.574 bits per heavy atom. The topological polar surface area (TPSA) is 120 Å². The van der Waals surface area contributed by atoms with Crippen molar-refractivity contribution in [2.24, 2.45) is 0 Å². The first-order valence-corrected chi connectivity index (χ1v) is 14.8. The van der Waals surface area contributed by atoms with Crippen LogP contribution in [0.2, 0.25) is 0 Å². The van der Waals surface area contributed by atoms with Crippen LogP contribution < -0.4 is 4.90 Å². The van der Waals surface area contributed by atoms with E-state index in [1.807, 2.05) is 109 Å². The molecule has 0 amide bonds. The summed E-state index contributed by atoms with van der Waals surface area (Å²) in [7, 11) is 0. The molecular formula is C37H25N7O3. The number of fused-ring (bicyclic) bond motifs is 2. The first-order valence-electron chi connectivity index (χ1n) is 14.8. The molecule has 10 nitrogen and oxygen atoms in total. The molecule has 0 aliphatic heterocycles. The molecule has 0 radical (unpaired) electrons. The van der Waals surface area contributed by atoms with Gasteiger partial charge in [-0.05, 0) is 73.7 Å². The molecule has 0 spiro atoms. The molecule has 0 aliphatic carbocycles. The zero-order chi connectivity index (χ0) is 31.7. The van der Waals surface area contributed by atoms with Crippen molar-refractivity contribution in [1.29, 1.82) is 0 Å². The van der Waals surface area contributed by atoms with Crippen LogP contribution in [0.1, 0.15) is 11.5 Å². The number of anilines is 3. The smallest absolute Gasteiger partial charge is 0.246 e. The van der Waals surface area contributed by atoms with E-state index in [1.165, 1.54) is 0 Å². The first kappa shape index (κ1) is 27.8. The molecule has 0 unspecified atom stereocenters. The average molecular weight is 616 g/mol. The molecule has 8 aromatic rings. The Balaban J connectivity index is 1.15. The normalized spacial score (nSPS) is 11.5. The third-order valence-corrected chi connectivity index (χ3v) is 7.49. The highest BCUT2D eigenvalue weighted by molar-refractivity contribution is 5.79. The number of pyridine rings is 3. The Hall–Kier alpha value is -6.68. The number of aromatic nitrogens is 6. The Morgan fingerprint density at radius 3 is 1.47 bits per heavy atom. The van der Waals surface area contributed by atoms with E-state index in [0.29, 0.717) is 51.7 Å². The van der Waals surface area contributed by atoms with Crippen molar-refractivity contribution in [3.8, 4) is 34.8 Å². The number of rotatable bonds is 8. The number of para-hydroxylation sites is 4. The van der Waals surface area contributed by atoms with Crippen molar-refractivity contribution < 1.29 is 13.3 Å². The van der Waals surface area contributed by atoms with Crippen LogP contribution in [0, 0.1) is 6.92 Å². The first-order chi connectivity index (χ1) is 23.1. The summed E-state index contributed by atoms with van der Waals surface area (Å²) in [6.45, 7) is 5.58. The number of nitrogens with zero attached hydrogens (tertiary/aromatic N) is 7. The van der Waals surface area contributed by atoms with Crippen LogP contribution >= 0.6 is 0 Å². The molecule has 47 heavy (non-hydrogen) atoms. The summed E-state index contributed by atoms with van der Waals surface area (Å²) in [5.41, 5.74) is 7.84. The Kier molecular flexibility index (Phi) is 6.92. The lowest BCUT2D eigenvalue weighted by Gasteiger charge is -2.24. The Labute approximate surface area is 268 Å². The van der Waals surface area contributed by atoms with Crippen molar-refractivity contribution in [3.05, 3.63) is 134 Å². The fourth-order valence-electron chi connectivity index (χ4n) is 5.18. The van der Waals surface area contributed by atoms with Gasteiger partial charge >= 0.3 is 0 Å². The molecule has 0 saturated heterocycles. The highest BCUT2D eigenvalue weighted by atomic mass is 16.4. The average Bonchev–Trinajstić information content (AvgIpc) is 3.85. The van der Waals surface area contributed by atoms with Crippen molar-refractivity contribution in [2.75, 3.05) is 4.90 Å². The quantitative estimate of drug-likeness (QED) is 0.153. The molecule has 10 heteroatoms.